The van der Waals surface area contributed by atoms with Crippen molar-refractivity contribution >= 4 is 23.3 Å². The molecular weight excluding hydrogens is 392 g/mol. The molecule has 1 aromatic heterocycles. The molecular formula is C20H24N4O4S. The van der Waals surface area contributed by atoms with E-state index in [9.17, 15) is 9.59 Å². The Kier molecular flexibility index (Phi) is 5.94. The first-order valence-corrected chi connectivity index (χ1v) is 10.7. The van der Waals surface area contributed by atoms with Crippen molar-refractivity contribution in [3.8, 4) is 11.5 Å². The third kappa shape index (κ3) is 4.67. The van der Waals surface area contributed by atoms with Crippen LogP contribution in [0.4, 0.5) is 0 Å². The summed E-state index contributed by atoms with van der Waals surface area (Å²) in [7, 11) is 0. The Morgan fingerprint density at radius 2 is 2.00 bits per heavy atom. The van der Waals surface area contributed by atoms with Crippen LogP contribution in [-0.2, 0) is 11.3 Å². The van der Waals surface area contributed by atoms with Crippen LogP contribution in [0.15, 0.2) is 23.6 Å². The highest BCUT2D eigenvalue weighted by Crippen LogP contribution is 2.32. The fraction of sp³-hybridized carbons (Fsp3) is 0.500. The minimum absolute atomic E-state index is 0.0138. The molecule has 0 unspecified atom stereocenters. The normalized spacial score (nSPS) is 20.3. The molecule has 29 heavy (non-hydrogen) atoms. The van der Waals surface area contributed by atoms with E-state index in [0.29, 0.717) is 29.7 Å². The van der Waals surface area contributed by atoms with Gasteiger partial charge in [-0.2, -0.15) is 0 Å². The monoisotopic (exact) mass is 416 g/mol. The van der Waals surface area contributed by atoms with Gasteiger partial charge in [-0.1, -0.05) is 17.5 Å². The quantitative estimate of drug-likeness (QED) is 0.778. The maximum atomic E-state index is 12.9. The van der Waals surface area contributed by atoms with Gasteiger partial charge >= 0.3 is 0 Å². The van der Waals surface area contributed by atoms with Crippen molar-refractivity contribution in [1.82, 2.24) is 19.8 Å². The number of rotatable bonds is 6. The maximum absolute atomic E-state index is 12.9. The molecule has 0 bridgehead atoms. The van der Waals surface area contributed by atoms with Gasteiger partial charge < -0.3 is 19.7 Å². The molecule has 1 aliphatic carbocycles. The van der Waals surface area contributed by atoms with E-state index >= 15 is 0 Å². The SMILES string of the molecule is CC1CCC(N(CC(=O)NCc2ccc3c(c2)OCO3)C(=O)c2csnn2)CC1. The van der Waals surface area contributed by atoms with Gasteiger partial charge in [0.15, 0.2) is 17.2 Å². The Morgan fingerprint density at radius 1 is 1.21 bits per heavy atom. The van der Waals surface area contributed by atoms with E-state index in [0.717, 1.165) is 42.8 Å². The van der Waals surface area contributed by atoms with Gasteiger partial charge in [0.1, 0.15) is 6.54 Å². The lowest BCUT2D eigenvalue weighted by Gasteiger charge is -2.35. The van der Waals surface area contributed by atoms with Crippen molar-refractivity contribution in [3.05, 3.63) is 34.8 Å². The minimum atomic E-state index is -0.225. The number of benzene rings is 1. The van der Waals surface area contributed by atoms with Gasteiger partial charge in [-0.25, -0.2) is 0 Å². The molecule has 2 aliphatic rings. The predicted octanol–water partition coefficient (Wildman–Crippen LogP) is 2.60. The zero-order valence-corrected chi connectivity index (χ0v) is 17.1. The molecule has 8 nitrogen and oxygen atoms in total. The Balaban J connectivity index is 1.39. The molecule has 0 atom stereocenters. The zero-order valence-electron chi connectivity index (χ0n) is 16.3. The Bertz CT molecular complexity index is 865. The van der Waals surface area contributed by atoms with Gasteiger partial charge in [0.2, 0.25) is 12.7 Å². The van der Waals surface area contributed by atoms with Gasteiger partial charge in [-0.15, -0.1) is 5.10 Å². The summed E-state index contributed by atoms with van der Waals surface area (Å²) in [5, 5.41) is 8.44. The molecule has 1 saturated carbocycles. The van der Waals surface area contributed by atoms with Crippen LogP contribution in [0.3, 0.4) is 0 Å². The number of ether oxygens (including phenoxy) is 2. The summed E-state index contributed by atoms with van der Waals surface area (Å²) in [6, 6.07) is 5.63. The lowest BCUT2D eigenvalue weighted by atomic mass is 9.86. The standard InChI is InChI=1S/C20H24N4O4S/c1-13-2-5-15(6-3-13)24(20(26)16-11-29-23-22-16)10-19(25)21-9-14-4-7-17-18(8-14)28-12-27-17/h4,7-8,11,13,15H,2-3,5-6,9-10,12H2,1H3,(H,21,25). The average Bonchev–Trinajstić information content (AvgIpc) is 3.42. The molecule has 0 radical (unpaired) electrons. The molecule has 1 aromatic carbocycles. The lowest BCUT2D eigenvalue weighted by molar-refractivity contribution is -0.122. The van der Waals surface area contributed by atoms with Crippen LogP contribution in [0.5, 0.6) is 11.5 Å². The van der Waals surface area contributed by atoms with Crippen molar-refractivity contribution in [2.45, 2.75) is 45.2 Å². The molecule has 1 fully saturated rings. The first kappa shape index (κ1) is 19.6. The lowest BCUT2D eigenvalue weighted by Crippen LogP contribution is -2.47. The molecule has 0 spiro atoms. The number of hydrogen-bond acceptors (Lipinski definition) is 7. The van der Waals surface area contributed by atoms with E-state index in [2.05, 4.69) is 21.8 Å². The number of fused-ring (bicyclic) bond motifs is 1. The highest BCUT2D eigenvalue weighted by Gasteiger charge is 2.30. The number of carbonyl (C=O) groups is 2. The van der Waals surface area contributed by atoms with E-state index in [-0.39, 0.29) is 31.2 Å². The summed E-state index contributed by atoms with van der Waals surface area (Å²) in [6.45, 7) is 2.82. The van der Waals surface area contributed by atoms with Gasteiger partial charge in [-0.3, -0.25) is 9.59 Å². The van der Waals surface area contributed by atoms with Crippen LogP contribution in [0.1, 0.15) is 48.7 Å². The molecule has 0 saturated heterocycles. The van der Waals surface area contributed by atoms with Crippen LogP contribution in [-0.4, -0.2) is 45.7 Å². The molecule has 4 rings (SSSR count). The molecule has 2 amide bonds. The first-order valence-electron chi connectivity index (χ1n) is 9.83. The van der Waals surface area contributed by atoms with Crippen molar-refractivity contribution in [2.75, 3.05) is 13.3 Å². The maximum Gasteiger partial charge on any atom is 0.276 e. The third-order valence-electron chi connectivity index (χ3n) is 5.51. The Morgan fingerprint density at radius 3 is 2.76 bits per heavy atom. The van der Waals surface area contributed by atoms with Gasteiger partial charge in [0, 0.05) is 18.0 Å². The van der Waals surface area contributed by atoms with Crippen LogP contribution in [0, 0.1) is 5.92 Å². The number of aromatic nitrogens is 2. The fourth-order valence-electron chi connectivity index (χ4n) is 3.79. The van der Waals surface area contributed by atoms with E-state index in [1.54, 1.807) is 10.3 Å². The number of amides is 2. The van der Waals surface area contributed by atoms with Crippen molar-refractivity contribution in [1.29, 1.82) is 0 Å². The molecule has 1 aliphatic heterocycles. The van der Waals surface area contributed by atoms with Crippen LogP contribution in [0.25, 0.3) is 0 Å². The summed E-state index contributed by atoms with van der Waals surface area (Å²) in [4.78, 5) is 27.3. The second kappa shape index (κ2) is 8.77. The van der Waals surface area contributed by atoms with Gasteiger partial charge in [-0.05, 0) is 60.8 Å². The second-order valence-corrected chi connectivity index (χ2v) is 8.21. The number of nitrogens with zero attached hydrogens (tertiary/aromatic N) is 3. The number of hydrogen-bond donors (Lipinski definition) is 1. The summed E-state index contributed by atoms with van der Waals surface area (Å²) < 4.78 is 14.5. The van der Waals surface area contributed by atoms with Crippen LogP contribution in [0.2, 0.25) is 0 Å². The Labute approximate surface area is 173 Å². The van der Waals surface area contributed by atoms with Crippen molar-refractivity contribution in [2.24, 2.45) is 5.92 Å². The summed E-state index contributed by atoms with van der Waals surface area (Å²) >= 11 is 1.14. The number of nitrogens with one attached hydrogen (secondary N) is 1. The minimum Gasteiger partial charge on any atom is -0.454 e. The highest BCUT2D eigenvalue weighted by atomic mass is 32.1. The van der Waals surface area contributed by atoms with Gasteiger partial charge in [0.25, 0.3) is 5.91 Å². The van der Waals surface area contributed by atoms with Crippen molar-refractivity contribution in [3.63, 3.8) is 0 Å². The Hall–Kier alpha value is -2.68. The van der Waals surface area contributed by atoms with E-state index in [4.69, 9.17) is 9.47 Å². The highest BCUT2D eigenvalue weighted by molar-refractivity contribution is 7.03. The fourth-order valence-corrected chi connectivity index (χ4v) is 4.22. The molecule has 2 aromatic rings. The van der Waals surface area contributed by atoms with Gasteiger partial charge in [0.05, 0.1) is 0 Å². The topological polar surface area (TPSA) is 93.7 Å². The van der Waals surface area contributed by atoms with E-state index in [1.165, 1.54) is 0 Å². The second-order valence-electron chi connectivity index (χ2n) is 7.60. The molecule has 9 heteroatoms. The molecule has 154 valence electrons. The molecule has 1 N–H and O–H groups in total. The van der Waals surface area contributed by atoms with Crippen molar-refractivity contribution < 1.29 is 19.1 Å². The first-order chi connectivity index (χ1) is 14.1. The average molecular weight is 417 g/mol. The predicted molar refractivity (Wildman–Crippen MR) is 107 cm³/mol. The summed E-state index contributed by atoms with van der Waals surface area (Å²) in [5.74, 6) is 1.62. The zero-order chi connectivity index (χ0) is 20.2. The largest absolute Gasteiger partial charge is 0.454 e. The van der Waals surface area contributed by atoms with Crippen LogP contribution < -0.4 is 14.8 Å². The smallest absolute Gasteiger partial charge is 0.276 e. The van der Waals surface area contributed by atoms with E-state index in [1.807, 2.05) is 18.2 Å². The van der Waals surface area contributed by atoms with Crippen LogP contribution >= 0.6 is 11.5 Å². The number of carbonyl (C=O) groups excluding carboxylic acids is 2. The van der Waals surface area contributed by atoms with E-state index < -0.39 is 0 Å². The summed E-state index contributed by atoms with van der Waals surface area (Å²) in [6.07, 6.45) is 3.92. The third-order valence-corrected chi connectivity index (χ3v) is 6.01. The molecule has 2 heterocycles. The summed E-state index contributed by atoms with van der Waals surface area (Å²) in [5.41, 5.74) is 1.22.